The van der Waals surface area contributed by atoms with Crippen LogP contribution in [0.25, 0.3) is 21.5 Å². The number of hydrogen-bond donors (Lipinski definition) is 0. The van der Waals surface area contributed by atoms with Gasteiger partial charge in [-0.3, -0.25) is 6.08 Å². The first kappa shape index (κ1) is 29.0. The summed E-state index contributed by atoms with van der Waals surface area (Å²) in [5, 5.41) is 5.15. The zero-order valence-corrected chi connectivity index (χ0v) is 23.7. The van der Waals surface area contributed by atoms with Crippen molar-refractivity contribution in [3.8, 4) is 5.75 Å². The summed E-state index contributed by atoms with van der Waals surface area (Å²) in [6, 6.07) is 38.0. The third-order valence-electron chi connectivity index (χ3n) is 5.53. The molecule has 1 aliphatic rings. The first-order valence-corrected chi connectivity index (χ1v) is 12.5. The van der Waals surface area contributed by atoms with Gasteiger partial charge < -0.3 is 19.6 Å². The molecule has 2 heteroatoms. The number of hydrogen-bond acceptors (Lipinski definition) is 1. The van der Waals surface area contributed by atoms with Gasteiger partial charge in [0.1, 0.15) is 0 Å². The van der Waals surface area contributed by atoms with Crippen LogP contribution in [-0.2, 0) is 24.2 Å². The van der Waals surface area contributed by atoms with Crippen molar-refractivity contribution in [1.82, 2.24) is 0 Å². The van der Waals surface area contributed by atoms with Crippen LogP contribution in [0, 0.1) is 20.9 Å². The molecule has 0 bridgehead atoms. The van der Waals surface area contributed by atoms with E-state index in [4.69, 9.17) is 4.74 Å². The molecule has 0 radical (unpaired) electrons. The monoisotopic (exact) mass is 546 g/mol. The average molecular weight is 548 g/mol. The first-order valence-electron chi connectivity index (χ1n) is 11.3. The van der Waals surface area contributed by atoms with Gasteiger partial charge in [-0.1, -0.05) is 30.3 Å². The van der Waals surface area contributed by atoms with Crippen molar-refractivity contribution >= 4 is 24.8 Å². The molecule has 0 unspecified atom stereocenters. The van der Waals surface area contributed by atoms with Crippen molar-refractivity contribution < 1.29 is 29.0 Å². The molecule has 5 aromatic carbocycles. The van der Waals surface area contributed by atoms with E-state index in [1.165, 1.54) is 60.1 Å². The standard InChI is InChI=1S/C14H11O.C13H10.C5H5.2CH3.Zr/c1-15-12-6-7-14-11(9-12)8-10-4-2-3-5-13(10)14;1-3-7-12(8-4-1)11-13-9-5-2-6-10-13;1-2-4-5-3-1;;;/h2-9H,1H3;1-10H;1-3H,4H2;2*1H3;/q-1;;3*-1;. The van der Waals surface area contributed by atoms with E-state index in [2.05, 4.69) is 115 Å². The summed E-state index contributed by atoms with van der Waals surface area (Å²) in [6.07, 6.45) is 10.0. The maximum atomic E-state index is 5.22. The average Bonchev–Trinajstić information content (AvgIpc) is 3.61. The summed E-state index contributed by atoms with van der Waals surface area (Å²) >= 11 is 1.46. The summed E-state index contributed by atoms with van der Waals surface area (Å²) in [7, 11) is 1.70. The molecule has 0 amide bonds. The second kappa shape index (κ2) is 15.0. The second-order valence-electron chi connectivity index (χ2n) is 7.79. The SMILES string of the molecule is COc1ccc2c(c1)[cH-]c1ccccc12.[C-]1=CC=CC1.[CH3-].[CH3-].[Zr]=[C](c1ccccc1)c1ccccc1. The molecule has 0 atom stereocenters. The van der Waals surface area contributed by atoms with Crippen LogP contribution in [0.4, 0.5) is 0 Å². The summed E-state index contributed by atoms with van der Waals surface area (Å²) in [4.78, 5) is 0. The van der Waals surface area contributed by atoms with Crippen LogP contribution in [0.15, 0.2) is 127 Å². The van der Waals surface area contributed by atoms with Crippen molar-refractivity contribution in [1.29, 1.82) is 0 Å². The van der Waals surface area contributed by atoms with Gasteiger partial charge in [0.05, 0.1) is 12.9 Å². The number of methoxy groups -OCH3 is 1. The Morgan fingerprint density at radius 1 is 0.750 bits per heavy atom. The van der Waals surface area contributed by atoms with E-state index in [0.29, 0.717) is 0 Å². The van der Waals surface area contributed by atoms with E-state index >= 15 is 0 Å². The van der Waals surface area contributed by atoms with Gasteiger partial charge in [-0.15, -0.1) is 40.1 Å². The molecule has 0 saturated heterocycles. The number of fused-ring (bicyclic) bond motifs is 3. The fourth-order valence-electron chi connectivity index (χ4n) is 3.78. The van der Waals surface area contributed by atoms with E-state index < -0.39 is 0 Å². The number of allylic oxidation sites excluding steroid dienone is 4. The zero-order chi connectivity index (χ0) is 23.6. The topological polar surface area (TPSA) is 9.23 Å². The Morgan fingerprint density at radius 3 is 1.86 bits per heavy atom. The molecule has 0 heterocycles. The Balaban J connectivity index is 0.000000204. The summed E-state index contributed by atoms with van der Waals surface area (Å²) in [5.74, 6) is 0.915. The van der Waals surface area contributed by atoms with Gasteiger partial charge in [-0.25, -0.2) is 12.2 Å². The van der Waals surface area contributed by atoms with Gasteiger partial charge >= 0.3 is 99.2 Å². The molecule has 1 aliphatic carbocycles. The Labute approximate surface area is 231 Å². The van der Waals surface area contributed by atoms with E-state index in [-0.39, 0.29) is 14.9 Å². The molecule has 1 nitrogen and oxygen atoms in total. The van der Waals surface area contributed by atoms with Gasteiger partial charge in [0.25, 0.3) is 0 Å². The van der Waals surface area contributed by atoms with Gasteiger partial charge in [0.2, 0.25) is 0 Å². The molecule has 0 saturated carbocycles. The van der Waals surface area contributed by atoms with Gasteiger partial charge in [-0.05, 0) is 6.07 Å². The molecule has 0 aromatic heterocycles. The van der Waals surface area contributed by atoms with Crippen LogP contribution >= 0.6 is 0 Å². The predicted octanol–water partition coefficient (Wildman–Crippen LogP) is 8.73. The zero-order valence-electron chi connectivity index (χ0n) is 21.2. The van der Waals surface area contributed by atoms with Gasteiger partial charge in [-0.2, -0.15) is 6.08 Å². The fraction of sp³-hybridized carbons (Fsp3) is 0.0588. The maximum absolute atomic E-state index is 5.22. The summed E-state index contributed by atoms with van der Waals surface area (Å²) in [6.45, 7) is 0. The number of rotatable bonds is 3. The van der Waals surface area contributed by atoms with E-state index in [9.17, 15) is 0 Å². The fourth-order valence-corrected chi connectivity index (χ4v) is 4.60. The molecule has 6 rings (SSSR count). The van der Waals surface area contributed by atoms with Crippen LogP contribution in [0.3, 0.4) is 0 Å². The molecule has 0 N–H and O–H groups in total. The van der Waals surface area contributed by atoms with Crippen LogP contribution in [0.2, 0.25) is 0 Å². The minimum absolute atomic E-state index is 0. The van der Waals surface area contributed by atoms with E-state index in [0.717, 1.165) is 12.2 Å². The van der Waals surface area contributed by atoms with Crippen molar-refractivity contribution in [3.05, 3.63) is 159 Å². The predicted molar refractivity (Wildman–Crippen MR) is 154 cm³/mol. The van der Waals surface area contributed by atoms with Crippen LogP contribution in [0.5, 0.6) is 5.75 Å². The molecule has 0 aliphatic heterocycles. The third-order valence-corrected chi connectivity index (χ3v) is 6.95. The van der Waals surface area contributed by atoms with Crippen molar-refractivity contribution in [3.63, 3.8) is 0 Å². The Hall–Kier alpha value is -3.22. The van der Waals surface area contributed by atoms with Crippen LogP contribution in [0.1, 0.15) is 17.5 Å². The normalized spacial score (nSPS) is 10.8. The van der Waals surface area contributed by atoms with Gasteiger partial charge in [0.15, 0.2) is 0 Å². The Morgan fingerprint density at radius 2 is 1.33 bits per heavy atom. The first-order chi connectivity index (χ1) is 16.8. The molecule has 0 fully saturated rings. The molecular formula is C34H32OZr-4. The molecule has 0 spiro atoms. The summed E-state index contributed by atoms with van der Waals surface area (Å²) in [5.41, 5.74) is 2.66. The third kappa shape index (κ3) is 7.64. The Bertz CT molecular complexity index is 1360. The quantitative estimate of drug-likeness (QED) is 0.205. The molecule has 5 aromatic rings. The Kier molecular flexibility index (Phi) is 12.1. The molecule has 182 valence electrons. The minimum atomic E-state index is 0. The van der Waals surface area contributed by atoms with Crippen LogP contribution in [-0.4, -0.2) is 10.3 Å². The second-order valence-corrected chi connectivity index (χ2v) is 9.02. The van der Waals surface area contributed by atoms with Gasteiger partial charge in [0, 0.05) is 0 Å². The van der Waals surface area contributed by atoms with Crippen LogP contribution < -0.4 is 4.74 Å². The number of ether oxygens (including phenoxy) is 1. The van der Waals surface area contributed by atoms with Crippen molar-refractivity contribution in [2.24, 2.45) is 0 Å². The molecular weight excluding hydrogens is 516 g/mol. The number of benzene rings is 4. The van der Waals surface area contributed by atoms with Crippen molar-refractivity contribution in [2.45, 2.75) is 6.42 Å². The van der Waals surface area contributed by atoms with E-state index in [1.54, 1.807) is 7.11 Å². The van der Waals surface area contributed by atoms with E-state index in [1.807, 2.05) is 18.2 Å². The van der Waals surface area contributed by atoms with Crippen molar-refractivity contribution in [2.75, 3.05) is 7.11 Å². The summed E-state index contributed by atoms with van der Waals surface area (Å²) < 4.78 is 6.63. The molecule has 36 heavy (non-hydrogen) atoms.